The van der Waals surface area contributed by atoms with Gasteiger partial charge in [0, 0.05) is 24.2 Å². The molecule has 3 rings (SSSR count). The fourth-order valence-electron chi connectivity index (χ4n) is 2.82. The Morgan fingerprint density at radius 2 is 1.69 bits per heavy atom. The number of hydrogen-bond acceptors (Lipinski definition) is 4. The summed E-state index contributed by atoms with van der Waals surface area (Å²) in [5.74, 6) is 1.56. The van der Waals surface area contributed by atoms with E-state index in [1.54, 1.807) is 26.4 Å². The second kappa shape index (κ2) is 17.9. The molecule has 1 heterocycles. The number of carbonyl (C=O) groups is 2. The van der Waals surface area contributed by atoms with Gasteiger partial charge in [0.05, 0.1) is 14.2 Å². The number of hydrogen-bond donors (Lipinski definition) is 1. The molecule has 2 amide bonds. The van der Waals surface area contributed by atoms with Crippen molar-refractivity contribution in [3.05, 3.63) is 58.6 Å². The van der Waals surface area contributed by atoms with E-state index in [4.69, 9.17) is 21.1 Å². The van der Waals surface area contributed by atoms with Gasteiger partial charge >= 0.3 is 0 Å². The van der Waals surface area contributed by atoms with E-state index in [2.05, 4.69) is 12.2 Å². The number of benzene rings is 2. The van der Waals surface area contributed by atoms with Crippen LogP contribution in [0.2, 0.25) is 5.02 Å². The molecular formula is C25H37ClN2O4. The Balaban J connectivity index is 0.000000438. The maximum absolute atomic E-state index is 10.1. The first-order valence-corrected chi connectivity index (χ1v) is 11.1. The van der Waals surface area contributed by atoms with Gasteiger partial charge in [0.1, 0.15) is 0 Å². The van der Waals surface area contributed by atoms with Gasteiger partial charge in [0.25, 0.3) is 0 Å². The molecule has 1 saturated heterocycles. The van der Waals surface area contributed by atoms with Crippen LogP contribution in [0.4, 0.5) is 0 Å². The van der Waals surface area contributed by atoms with Gasteiger partial charge in [-0.2, -0.15) is 0 Å². The van der Waals surface area contributed by atoms with Crippen molar-refractivity contribution in [2.75, 3.05) is 20.8 Å². The molecule has 0 aliphatic carbocycles. The lowest BCUT2D eigenvalue weighted by atomic mass is 10.2. The smallest absolute Gasteiger partial charge is 0.209 e. The highest BCUT2D eigenvalue weighted by Gasteiger charge is 2.16. The van der Waals surface area contributed by atoms with Crippen molar-refractivity contribution < 1.29 is 19.1 Å². The fourth-order valence-corrected chi connectivity index (χ4v) is 2.94. The van der Waals surface area contributed by atoms with Gasteiger partial charge in [-0.3, -0.25) is 9.59 Å². The number of likely N-dealkylation sites (tertiary alicyclic amines) is 1. The summed E-state index contributed by atoms with van der Waals surface area (Å²) < 4.78 is 10.2. The van der Waals surface area contributed by atoms with Crippen LogP contribution in [0, 0.1) is 6.92 Å². The minimum atomic E-state index is 0.493. The molecule has 0 aromatic heterocycles. The Bertz CT molecular complexity index is 769. The number of methoxy groups -OCH3 is 2. The number of halogens is 1. The van der Waals surface area contributed by atoms with Crippen molar-refractivity contribution in [2.24, 2.45) is 0 Å². The average Bonchev–Trinajstić information content (AvgIpc) is 3.25. The molecule has 178 valence electrons. The highest BCUT2D eigenvalue weighted by Crippen LogP contribution is 2.26. The molecule has 0 bridgehead atoms. The van der Waals surface area contributed by atoms with Gasteiger partial charge < -0.3 is 19.7 Å². The number of rotatable bonds is 6. The zero-order chi connectivity index (χ0) is 24.4. The summed E-state index contributed by atoms with van der Waals surface area (Å²) in [6, 6.07) is 13.7. The van der Waals surface area contributed by atoms with Crippen LogP contribution in [0.25, 0.3) is 0 Å². The third-order valence-corrected chi connectivity index (χ3v) is 4.83. The van der Waals surface area contributed by atoms with Gasteiger partial charge in [-0.15, -0.1) is 0 Å². The lowest BCUT2D eigenvalue weighted by Crippen LogP contribution is -2.24. The van der Waals surface area contributed by atoms with Gasteiger partial charge in [0.15, 0.2) is 11.5 Å². The molecule has 6 nitrogen and oxygen atoms in total. The summed E-state index contributed by atoms with van der Waals surface area (Å²) >= 11 is 5.66. The van der Waals surface area contributed by atoms with Gasteiger partial charge in [0.2, 0.25) is 12.8 Å². The van der Waals surface area contributed by atoms with Crippen LogP contribution in [0.3, 0.4) is 0 Å². The Morgan fingerprint density at radius 1 is 1.06 bits per heavy atom. The van der Waals surface area contributed by atoms with E-state index in [1.165, 1.54) is 18.4 Å². The number of carbonyl (C=O) groups excluding carboxylic acids is 2. The lowest BCUT2D eigenvalue weighted by Gasteiger charge is -2.13. The quantitative estimate of drug-likeness (QED) is 0.592. The fraction of sp³-hybridized carbons (Fsp3) is 0.440. The number of ether oxygens (including phenoxy) is 2. The Hall–Kier alpha value is -2.73. The van der Waals surface area contributed by atoms with E-state index in [9.17, 15) is 9.59 Å². The highest BCUT2D eigenvalue weighted by molar-refractivity contribution is 6.30. The van der Waals surface area contributed by atoms with Crippen LogP contribution in [0.5, 0.6) is 11.5 Å². The normalized spacial score (nSPS) is 13.7. The minimum Gasteiger partial charge on any atom is -0.493 e. The molecule has 2 aromatic rings. The van der Waals surface area contributed by atoms with Crippen molar-refractivity contribution in [1.82, 2.24) is 10.2 Å². The molecule has 1 aliphatic rings. The largest absolute Gasteiger partial charge is 0.493 e. The second-order valence-corrected chi connectivity index (χ2v) is 7.25. The van der Waals surface area contributed by atoms with E-state index >= 15 is 0 Å². The summed E-state index contributed by atoms with van der Waals surface area (Å²) in [4.78, 5) is 21.9. The predicted octanol–water partition coefficient (Wildman–Crippen LogP) is 5.25. The third-order valence-electron chi connectivity index (χ3n) is 4.58. The lowest BCUT2D eigenvalue weighted by molar-refractivity contribution is -0.118. The topological polar surface area (TPSA) is 67.9 Å². The first-order valence-electron chi connectivity index (χ1n) is 10.8. The zero-order valence-electron chi connectivity index (χ0n) is 20.1. The number of nitrogens with zero attached hydrogens (tertiary/aromatic N) is 1. The summed E-state index contributed by atoms with van der Waals surface area (Å²) in [6.07, 6.45) is 3.98. The summed E-state index contributed by atoms with van der Waals surface area (Å²) in [7, 11) is 3.27. The van der Waals surface area contributed by atoms with Crippen molar-refractivity contribution in [3.8, 4) is 11.5 Å². The first-order chi connectivity index (χ1) is 15.4. The molecular weight excluding hydrogens is 428 g/mol. The van der Waals surface area contributed by atoms with Crippen LogP contribution >= 0.6 is 11.6 Å². The van der Waals surface area contributed by atoms with Gasteiger partial charge in [-0.1, -0.05) is 43.6 Å². The van der Waals surface area contributed by atoms with Crippen LogP contribution < -0.4 is 14.8 Å². The minimum absolute atomic E-state index is 0.493. The molecule has 2 aromatic carbocycles. The molecule has 1 aliphatic heterocycles. The average molecular weight is 465 g/mol. The van der Waals surface area contributed by atoms with E-state index in [1.807, 2.05) is 56.0 Å². The highest BCUT2D eigenvalue weighted by atomic mass is 35.5. The number of amides is 2. The van der Waals surface area contributed by atoms with E-state index in [-0.39, 0.29) is 0 Å². The van der Waals surface area contributed by atoms with E-state index in [0.717, 1.165) is 30.0 Å². The second-order valence-electron chi connectivity index (χ2n) is 6.82. The Morgan fingerprint density at radius 3 is 2.12 bits per heavy atom. The molecule has 1 fully saturated rings. The molecule has 0 saturated carbocycles. The molecule has 0 radical (unpaired) electrons. The van der Waals surface area contributed by atoms with Crippen molar-refractivity contribution in [2.45, 2.75) is 53.1 Å². The van der Waals surface area contributed by atoms with Crippen molar-refractivity contribution in [3.63, 3.8) is 0 Å². The summed E-state index contributed by atoms with van der Waals surface area (Å²) in [6.45, 7) is 9.62. The molecule has 32 heavy (non-hydrogen) atoms. The zero-order valence-corrected chi connectivity index (χ0v) is 20.8. The molecule has 7 heteroatoms. The van der Waals surface area contributed by atoms with Crippen LogP contribution in [0.15, 0.2) is 42.5 Å². The van der Waals surface area contributed by atoms with Crippen LogP contribution in [-0.4, -0.2) is 44.5 Å². The van der Waals surface area contributed by atoms with Crippen LogP contribution in [-0.2, 0) is 16.1 Å². The summed E-state index contributed by atoms with van der Waals surface area (Å²) in [5, 5.41) is 3.27. The Labute approximate surface area is 197 Å². The van der Waals surface area contributed by atoms with Crippen LogP contribution in [0.1, 0.15) is 44.7 Å². The predicted molar refractivity (Wildman–Crippen MR) is 131 cm³/mol. The standard InChI is InChI=1S/C9H12O2.C8H8ClNO.C6H11NO.C2H6/c1-7-4-5-8(10-2)9(6-7)11-3;9-8-3-1-7(2-4-8)5-10-6-11;1-6-3-2-4-7(6)5-8;1-2/h4-6H,1-3H3;1-4,6H,5H2,(H,10,11);5-6H,2-4H2,1H3;1-2H3. The third kappa shape index (κ3) is 11.6. The number of nitrogens with one attached hydrogen (secondary N) is 1. The van der Waals surface area contributed by atoms with Gasteiger partial charge in [-0.05, 0) is 62.1 Å². The summed E-state index contributed by atoms with van der Waals surface area (Å²) in [5.41, 5.74) is 2.21. The maximum atomic E-state index is 10.1. The number of aryl methyl sites for hydroxylation is 1. The molecule has 1 N–H and O–H groups in total. The Kier molecular flexibility index (Phi) is 16.4. The van der Waals surface area contributed by atoms with E-state index in [0.29, 0.717) is 24.0 Å². The van der Waals surface area contributed by atoms with Crippen molar-refractivity contribution >= 4 is 24.4 Å². The first kappa shape index (κ1) is 29.3. The SMILES string of the molecule is CC.CC1CCCN1C=O.COc1ccc(C)cc1OC.O=CNCc1ccc(Cl)cc1. The maximum Gasteiger partial charge on any atom is 0.209 e. The molecule has 1 unspecified atom stereocenters. The molecule has 0 spiro atoms. The van der Waals surface area contributed by atoms with E-state index < -0.39 is 0 Å². The van der Waals surface area contributed by atoms with Gasteiger partial charge in [-0.25, -0.2) is 0 Å². The monoisotopic (exact) mass is 464 g/mol. The molecule has 1 atom stereocenters. The van der Waals surface area contributed by atoms with Crippen molar-refractivity contribution in [1.29, 1.82) is 0 Å².